The summed E-state index contributed by atoms with van der Waals surface area (Å²) >= 11 is 0. The van der Waals surface area contributed by atoms with Crippen molar-refractivity contribution in [3.8, 4) is 5.75 Å². The molecule has 20 heavy (non-hydrogen) atoms. The minimum atomic E-state index is 0. The molecule has 1 amide bonds. The molecule has 1 aliphatic heterocycles. The van der Waals surface area contributed by atoms with Gasteiger partial charge in [-0.05, 0) is 25.5 Å². The number of rotatable bonds is 5. The number of benzene rings is 1. The Hall–Kier alpha value is -1.26. The lowest BCUT2D eigenvalue weighted by atomic mass is 10.2. The van der Waals surface area contributed by atoms with E-state index < -0.39 is 0 Å². The minimum Gasteiger partial charge on any atom is -0.494 e. The van der Waals surface area contributed by atoms with Gasteiger partial charge in [0.05, 0.1) is 6.61 Å². The average Bonchev–Trinajstić information content (AvgIpc) is 2.44. The van der Waals surface area contributed by atoms with Gasteiger partial charge in [-0.15, -0.1) is 12.4 Å². The third-order valence-electron chi connectivity index (χ3n) is 3.27. The maximum absolute atomic E-state index is 12.0. The Kier molecular flexibility index (Phi) is 7.41. The SMILES string of the molecule is CC1CN(C(=O)CCCOc2ccccc2)CCN1.Cl. The van der Waals surface area contributed by atoms with Crippen molar-refractivity contribution in [2.45, 2.75) is 25.8 Å². The molecular formula is C15H23ClN2O2. The van der Waals surface area contributed by atoms with Gasteiger partial charge in [-0.2, -0.15) is 0 Å². The van der Waals surface area contributed by atoms with Gasteiger partial charge < -0.3 is 15.0 Å². The summed E-state index contributed by atoms with van der Waals surface area (Å²) in [6, 6.07) is 10.1. The molecule has 1 aromatic rings. The molecule has 112 valence electrons. The second-order valence-corrected chi connectivity index (χ2v) is 4.96. The van der Waals surface area contributed by atoms with Gasteiger partial charge in [0.2, 0.25) is 5.91 Å². The number of halogens is 1. The highest BCUT2D eigenvalue weighted by atomic mass is 35.5. The van der Waals surface area contributed by atoms with Crippen LogP contribution in [0.15, 0.2) is 30.3 Å². The number of amides is 1. The van der Waals surface area contributed by atoms with E-state index in [1.807, 2.05) is 35.2 Å². The average molecular weight is 299 g/mol. The van der Waals surface area contributed by atoms with Crippen LogP contribution in [0.5, 0.6) is 5.75 Å². The molecule has 5 heteroatoms. The maximum atomic E-state index is 12.0. The summed E-state index contributed by atoms with van der Waals surface area (Å²) < 4.78 is 5.58. The predicted octanol–water partition coefficient (Wildman–Crippen LogP) is 2.09. The quantitative estimate of drug-likeness (QED) is 0.846. The fourth-order valence-electron chi connectivity index (χ4n) is 2.25. The van der Waals surface area contributed by atoms with Crippen LogP contribution >= 0.6 is 12.4 Å². The first-order chi connectivity index (χ1) is 9.25. The van der Waals surface area contributed by atoms with E-state index in [0.29, 0.717) is 19.1 Å². The number of para-hydroxylation sites is 1. The number of nitrogens with zero attached hydrogens (tertiary/aromatic N) is 1. The van der Waals surface area contributed by atoms with E-state index in [-0.39, 0.29) is 18.3 Å². The van der Waals surface area contributed by atoms with Crippen molar-refractivity contribution in [2.24, 2.45) is 0 Å². The third kappa shape index (κ3) is 5.39. The molecular weight excluding hydrogens is 276 g/mol. The van der Waals surface area contributed by atoms with Crippen molar-refractivity contribution in [3.63, 3.8) is 0 Å². The molecule has 0 aliphatic carbocycles. The minimum absolute atomic E-state index is 0. The van der Waals surface area contributed by atoms with Crippen LogP contribution < -0.4 is 10.1 Å². The van der Waals surface area contributed by atoms with Crippen LogP contribution in [-0.4, -0.2) is 43.1 Å². The van der Waals surface area contributed by atoms with Crippen LogP contribution in [0.1, 0.15) is 19.8 Å². The zero-order valence-electron chi connectivity index (χ0n) is 11.9. The number of ether oxygens (including phenoxy) is 1. The molecule has 0 radical (unpaired) electrons. The topological polar surface area (TPSA) is 41.6 Å². The highest BCUT2D eigenvalue weighted by Crippen LogP contribution is 2.09. The lowest BCUT2D eigenvalue weighted by Gasteiger charge is -2.32. The zero-order chi connectivity index (χ0) is 13.5. The summed E-state index contributed by atoms with van der Waals surface area (Å²) in [6.07, 6.45) is 1.34. The van der Waals surface area contributed by atoms with E-state index in [2.05, 4.69) is 12.2 Å². The number of nitrogens with one attached hydrogen (secondary N) is 1. The van der Waals surface area contributed by atoms with E-state index in [1.54, 1.807) is 0 Å². The molecule has 0 aromatic heterocycles. The van der Waals surface area contributed by atoms with Crippen LogP contribution in [0.25, 0.3) is 0 Å². The highest BCUT2D eigenvalue weighted by molar-refractivity contribution is 5.85. The Labute approximate surface area is 126 Å². The number of carbonyl (C=O) groups is 1. The fourth-order valence-corrected chi connectivity index (χ4v) is 2.25. The predicted molar refractivity (Wildman–Crippen MR) is 82.5 cm³/mol. The number of piperazine rings is 1. The van der Waals surface area contributed by atoms with Gasteiger partial charge in [-0.3, -0.25) is 4.79 Å². The molecule has 1 atom stereocenters. The van der Waals surface area contributed by atoms with Gasteiger partial charge in [0.25, 0.3) is 0 Å². The maximum Gasteiger partial charge on any atom is 0.222 e. The standard InChI is InChI=1S/C15H22N2O2.ClH/c1-13-12-17(10-9-16-13)15(18)8-5-11-19-14-6-3-2-4-7-14;/h2-4,6-7,13,16H,5,8-12H2,1H3;1H. The summed E-state index contributed by atoms with van der Waals surface area (Å²) in [5, 5.41) is 3.34. The Morgan fingerprint density at radius 2 is 2.15 bits per heavy atom. The molecule has 1 aromatic carbocycles. The van der Waals surface area contributed by atoms with Crippen molar-refractivity contribution >= 4 is 18.3 Å². The fraction of sp³-hybridized carbons (Fsp3) is 0.533. The third-order valence-corrected chi connectivity index (χ3v) is 3.27. The van der Waals surface area contributed by atoms with E-state index in [4.69, 9.17) is 4.74 Å². The molecule has 1 heterocycles. The molecule has 1 aliphatic rings. The van der Waals surface area contributed by atoms with E-state index >= 15 is 0 Å². The smallest absolute Gasteiger partial charge is 0.222 e. The Balaban J connectivity index is 0.00000200. The number of hydrogen-bond acceptors (Lipinski definition) is 3. The second-order valence-electron chi connectivity index (χ2n) is 4.96. The molecule has 2 rings (SSSR count). The molecule has 0 spiro atoms. The summed E-state index contributed by atoms with van der Waals surface area (Å²) in [5.41, 5.74) is 0. The Morgan fingerprint density at radius 1 is 1.40 bits per heavy atom. The number of hydrogen-bond donors (Lipinski definition) is 1. The largest absolute Gasteiger partial charge is 0.494 e. The first kappa shape index (κ1) is 16.8. The number of carbonyl (C=O) groups excluding carboxylic acids is 1. The summed E-state index contributed by atoms with van der Waals surface area (Å²) in [5.74, 6) is 1.11. The van der Waals surface area contributed by atoms with Crippen molar-refractivity contribution in [3.05, 3.63) is 30.3 Å². The van der Waals surface area contributed by atoms with Crippen LogP contribution in [0, 0.1) is 0 Å². The Morgan fingerprint density at radius 3 is 2.85 bits per heavy atom. The Bertz CT molecular complexity index is 400. The van der Waals surface area contributed by atoms with Crippen LogP contribution in [0.2, 0.25) is 0 Å². The first-order valence-corrected chi connectivity index (χ1v) is 6.95. The first-order valence-electron chi connectivity index (χ1n) is 6.95. The molecule has 4 nitrogen and oxygen atoms in total. The van der Waals surface area contributed by atoms with Gasteiger partial charge in [0.1, 0.15) is 5.75 Å². The second kappa shape index (κ2) is 8.82. The molecule has 1 fully saturated rings. The lowest BCUT2D eigenvalue weighted by Crippen LogP contribution is -2.51. The van der Waals surface area contributed by atoms with Gasteiger partial charge in [0.15, 0.2) is 0 Å². The summed E-state index contributed by atoms with van der Waals surface area (Å²) in [6.45, 7) is 5.24. The normalized spacial score (nSPS) is 18.2. The van der Waals surface area contributed by atoms with Crippen molar-refractivity contribution in [2.75, 3.05) is 26.2 Å². The lowest BCUT2D eigenvalue weighted by molar-refractivity contribution is -0.132. The van der Waals surface area contributed by atoms with Gasteiger partial charge >= 0.3 is 0 Å². The summed E-state index contributed by atoms with van der Waals surface area (Å²) in [4.78, 5) is 13.9. The highest BCUT2D eigenvalue weighted by Gasteiger charge is 2.19. The van der Waals surface area contributed by atoms with E-state index in [1.165, 1.54) is 0 Å². The van der Waals surface area contributed by atoms with Gasteiger partial charge in [0, 0.05) is 32.1 Å². The molecule has 1 unspecified atom stereocenters. The van der Waals surface area contributed by atoms with Crippen molar-refractivity contribution < 1.29 is 9.53 Å². The van der Waals surface area contributed by atoms with Crippen LogP contribution in [0.4, 0.5) is 0 Å². The van der Waals surface area contributed by atoms with E-state index in [0.717, 1.165) is 31.8 Å². The molecule has 1 N–H and O–H groups in total. The monoisotopic (exact) mass is 298 g/mol. The van der Waals surface area contributed by atoms with Crippen LogP contribution in [0.3, 0.4) is 0 Å². The summed E-state index contributed by atoms with van der Waals surface area (Å²) in [7, 11) is 0. The van der Waals surface area contributed by atoms with E-state index in [9.17, 15) is 4.79 Å². The molecule has 1 saturated heterocycles. The van der Waals surface area contributed by atoms with Crippen molar-refractivity contribution in [1.29, 1.82) is 0 Å². The zero-order valence-corrected chi connectivity index (χ0v) is 12.7. The van der Waals surface area contributed by atoms with Gasteiger partial charge in [-0.1, -0.05) is 18.2 Å². The molecule has 0 bridgehead atoms. The van der Waals surface area contributed by atoms with Gasteiger partial charge in [-0.25, -0.2) is 0 Å². The van der Waals surface area contributed by atoms with Crippen molar-refractivity contribution in [1.82, 2.24) is 10.2 Å². The molecule has 0 saturated carbocycles. The van der Waals surface area contributed by atoms with Crippen LogP contribution in [-0.2, 0) is 4.79 Å².